The summed E-state index contributed by atoms with van der Waals surface area (Å²) in [6.07, 6.45) is 0. The molecular formula is C9H11FN2O3S. The highest BCUT2D eigenvalue weighted by Crippen LogP contribution is 2.14. The van der Waals surface area contributed by atoms with Crippen LogP contribution in [0.4, 0.5) is 4.39 Å². The molecule has 0 fully saturated rings. The lowest BCUT2D eigenvalue weighted by molar-refractivity contribution is 0.0827. The fourth-order valence-electron chi connectivity index (χ4n) is 1.11. The summed E-state index contributed by atoms with van der Waals surface area (Å²) in [4.78, 5) is 12.3. The summed E-state index contributed by atoms with van der Waals surface area (Å²) >= 11 is 0. The number of rotatable bonds is 2. The molecule has 1 amide bonds. The van der Waals surface area contributed by atoms with Crippen molar-refractivity contribution < 1.29 is 17.6 Å². The molecule has 0 saturated carbocycles. The van der Waals surface area contributed by atoms with Crippen molar-refractivity contribution in [1.82, 2.24) is 4.90 Å². The summed E-state index contributed by atoms with van der Waals surface area (Å²) < 4.78 is 35.1. The highest BCUT2D eigenvalue weighted by molar-refractivity contribution is 7.89. The maximum absolute atomic E-state index is 13.1. The Labute approximate surface area is 92.7 Å². The fourth-order valence-corrected chi connectivity index (χ4v) is 1.68. The molecule has 2 N–H and O–H groups in total. The van der Waals surface area contributed by atoms with Gasteiger partial charge in [-0.1, -0.05) is 0 Å². The van der Waals surface area contributed by atoms with Crippen LogP contribution < -0.4 is 5.14 Å². The molecule has 16 heavy (non-hydrogen) atoms. The Morgan fingerprint density at radius 3 is 2.31 bits per heavy atom. The van der Waals surface area contributed by atoms with Gasteiger partial charge in [-0.05, 0) is 18.2 Å². The molecule has 5 nitrogen and oxygen atoms in total. The number of nitrogens with two attached hydrogens (primary N) is 1. The summed E-state index contributed by atoms with van der Waals surface area (Å²) in [6.45, 7) is 0. The lowest BCUT2D eigenvalue weighted by Gasteiger charge is -2.10. The van der Waals surface area contributed by atoms with E-state index >= 15 is 0 Å². The summed E-state index contributed by atoms with van der Waals surface area (Å²) in [6, 6.07) is 2.76. The monoisotopic (exact) mass is 246 g/mol. The molecule has 1 aromatic rings. The van der Waals surface area contributed by atoms with Crippen LogP contribution >= 0.6 is 0 Å². The summed E-state index contributed by atoms with van der Waals surface area (Å²) in [7, 11) is -1.07. The first-order valence-corrected chi connectivity index (χ1v) is 5.81. The van der Waals surface area contributed by atoms with Crippen LogP contribution in [0.25, 0.3) is 0 Å². The maximum atomic E-state index is 13.1. The standard InChI is InChI=1S/C9H11FN2O3S/c1-12(2)9(13)6-3-7(10)5-8(4-6)16(11,14)15/h3-5H,1-2H3,(H2,11,14,15). The second-order valence-corrected chi connectivity index (χ2v) is 4.98. The molecule has 0 unspecified atom stereocenters. The van der Waals surface area contributed by atoms with Crippen molar-refractivity contribution in [3.05, 3.63) is 29.6 Å². The predicted octanol–water partition coefficient (Wildman–Crippen LogP) is 0.175. The van der Waals surface area contributed by atoms with Gasteiger partial charge in [0.25, 0.3) is 5.91 Å². The average molecular weight is 246 g/mol. The van der Waals surface area contributed by atoms with E-state index in [4.69, 9.17) is 5.14 Å². The van der Waals surface area contributed by atoms with E-state index in [2.05, 4.69) is 0 Å². The van der Waals surface area contributed by atoms with E-state index in [-0.39, 0.29) is 5.56 Å². The Bertz CT molecular complexity index is 526. The third-order valence-corrected chi connectivity index (χ3v) is 2.75. The Balaban J connectivity index is 3.35. The van der Waals surface area contributed by atoms with Crippen LogP contribution in [0.5, 0.6) is 0 Å². The summed E-state index contributed by atoms with van der Waals surface area (Å²) in [5, 5.41) is 4.85. The van der Waals surface area contributed by atoms with Gasteiger partial charge in [-0.3, -0.25) is 4.79 Å². The second-order valence-electron chi connectivity index (χ2n) is 3.42. The molecule has 0 atom stereocenters. The number of hydrogen-bond acceptors (Lipinski definition) is 3. The van der Waals surface area contributed by atoms with Crippen LogP contribution in [0.15, 0.2) is 23.1 Å². The van der Waals surface area contributed by atoms with Crippen molar-refractivity contribution in [3.63, 3.8) is 0 Å². The van der Waals surface area contributed by atoms with E-state index in [1.807, 2.05) is 0 Å². The van der Waals surface area contributed by atoms with Gasteiger partial charge in [0.15, 0.2) is 0 Å². The van der Waals surface area contributed by atoms with Gasteiger partial charge in [-0.25, -0.2) is 17.9 Å². The van der Waals surface area contributed by atoms with Gasteiger partial charge >= 0.3 is 0 Å². The molecule has 0 aliphatic rings. The first kappa shape index (κ1) is 12.6. The van der Waals surface area contributed by atoms with E-state index in [1.165, 1.54) is 19.0 Å². The first-order valence-electron chi connectivity index (χ1n) is 4.27. The van der Waals surface area contributed by atoms with Gasteiger partial charge < -0.3 is 4.90 Å². The molecule has 0 spiro atoms. The van der Waals surface area contributed by atoms with Gasteiger partial charge in [0.05, 0.1) is 4.90 Å². The number of carbonyl (C=O) groups is 1. The molecule has 0 bridgehead atoms. The minimum atomic E-state index is -4.02. The predicted molar refractivity (Wildman–Crippen MR) is 55.8 cm³/mol. The molecule has 0 aromatic heterocycles. The zero-order valence-corrected chi connectivity index (χ0v) is 9.58. The fraction of sp³-hybridized carbons (Fsp3) is 0.222. The minimum absolute atomic E-state index is 0.0611. The van der Waals surface area contributed by atoms with Crippen molar-refractivity contribution in [2.24, 2.45) is 5.14 Å². The highest BCUT2D eigenvalue weighted by atomic mass is 32.2. The Kier molecular flexibility index (Phi) is 3.30. The molecule has 0 saturated heterocycles. The van der Waals surface area contributed by atoms with Gasteiger partial charge in [-0.2, -0.15) is 0 Å². The summed E-state index contributed by atoms with van der Waals surface area (Å²) in [5.41, 5.74) is -0.0611. The Morgan fingerprint density at radius 2 is 1.88 bits per heavy atom. The normalized spacial score (nSPS) is 11.2. The van der Waals surface area contributed by atoms with Crippen molar-refractivity contribution >= 4 is 15.9 Å². The maximum Gasteiger partial charge on any atom is 0.253 e. The van der Waals surface area contributed by atoms with E-state index in [9.17, 15) is 17.6 Å². The molecule has 0 radical (unpaired) electrons. The topological polar surface area (TPSA) is 80.5 Å². The number of carbonyl (C=O) groups excluding carboxylic acids is 1. The van der Waals surface area contributed by atoms with E-state index in [0.717, 1.165) is 18.2 Å². The molecule has 88 valence electrons. The molecule has 0 heterocycles. The Morgan fingerprint density at radius 1 is 1.31 bits per heavy atom. The average Bonchev–Trinajstić information content (AvgIpc) is 2.14. The molecule has 7 heteroatoms. The van der Waals surface area contributed by atoms with Crippen LogP contribution in [0.3, 0.4) is 0 Å². The third kappa shape index (κ3) is 2.77. The quantitative estimate of drug-likeness (QED) is 0.808. The molecule has 0 aliphatic heterocycles. The molecule has 0 aliphatic carbocycles. The largest absolute Gasteiger partial charge is 0.345 e. The van der Waals surface area contributed by atoms with Crippen LogP contribution in [0.1, 0.15) is 10.4 Å². The van der Waals surface area contributed by atoms with Gasteiger partial charge in [-0.15, -0.1) is 0 Å². The SMILES string of the molecule is CN(C)C(=O)c1cc(F)cc(S(N)(=O)=O)c1. The number of amides is 1. The second kappa shape index (κ2) is 4.18. The number of halogens is 1. The van der Waals surface area contributed by atoms with Crippen molar-refractivity contribution in [1.29, 1.82) is 0 Å². The van der Waals surface area contributed by atoms with Crippen LogP contribution in [-0.2, 0) is 10.0 Å². The molecule has 1 aromatic carbocycles. The number of primary sulfonamides is 1. The van der Waals surface area contributed by atoms with E-state index < -0.39 is 26.6 Å². The number of benzene rings is 1. The van der Waals surface area contributed by atoms with Crippen molar-refractivity contribution in [2.75, 3.05) is 14.1 Å². The van der Waals surface area contributed by atoms with Gasteiger partial charge in [0.2, 0.25) is 10.0 Å². The number of nitrogens with zero attached hydrogens (tertiary/aromatic N) is 1. The molecule has 1 rings (SSSR count). The van der Waals surface area contributed by atoms with Crippen LogP contribution in [-0.4, -0.2) is 33.3 Å². The zero-order valence-electron chi connectivity index (χ0n) is 8.77. The zero-order chi connectivity index (χ0) is 12.5. The highest BCUT2D eigenvalue weighted by Gasteiger charge is 2.15. The van der Waals surface area contributed by atoms with Crippen LogP contribution in [0.2, 0.25) is 0 Å². The summed E-state index contributed by atoms with van der Waals surface area (Å²) in [5.74, 6) is -1.32. The lowest BCUT2D eigenvalue weighted by Crippen LogP contribution is -2.22. The Hall–Kier alpha value is -1.47. The smallest absolute Gasteiger partial charge is 0.253 e. The van der Waals surface area contributed by atoms with Crippen molar-refractivity contribution in [3.8, 4) is 0 Å². The van der Waals surface area contributed by atoms with Crippen molar-refractivity contribution in [2.45, 2.75) is 4.90 Å². The van der Waals surface area contributed by atoms with E-state index in [1.54, 1.807) is 0 Å². The first-order chi connectivity index (χ1) is 7.21. The van der Waals surface area contributed by atoms with E-state index in [0.29, 0.717) is 0 Å². The third-order valence-electron chi connectivity index (χ3n) is 1.85. The number of sulfonamides is 1. The lowest BCUT2D eigenvalue weighted by atomic mass is 10.2. The van der Waals surface area contributed by atoms with Gasteiger partial charge in [0.1, 0.15) is 5.82 Å². The number of hydrogen-bond donors (Lipinski definition) is 1. The van der Waals surface area contributed by atoms with Crippen LogP contribution in [0, 0.1) is 5.82 Å². The minimum Gasteiger partial charge on any atom is -0.345 e. The molecular weight excluding hydrogens is 235 g/mol. The van der Waals surface area contributed by atoms with Gasteiger partial charge in [0, 0.05) is 19.7 Å².